The molecule has 0 saturated heterocycles. The SMILES string of the molecule is O=C(O)c1ccc(C=NCCO)c(O)c1. The van der Waals surface area contributed by atoms with Crippen molar-refractivity contribution in [1.29, 1.82) is 0 Å². The summed E-state index contributed by atoms with van der Waals surface area (Å²) in [7, 11) is 0. The van der Waals surface area contributed by atoms with Crippen molar-refractivity contribution in [2.24, 2.45) is 4.99 Å². The molecule has 0 aliphatic carbocycles. The lowest BCUT2D eigenvalue weighted by molar-refractivity contribution is 0.0696. The molecule has 3 N–H and O–H groups in total. The quantitative estimate of drug-likeness (QED) is 0.630. The standard InChI is InChI=1S/C10H11NO4/c12-4-3-11-6-8-2-1-7(10(14)15)5-9(8)13/h1-2,5-6,12-13H,3-4H2,(H,14,15). The summed E-state index contributed by atoms with van der Waals surface area (Å²) in [5, 5.41) is 26.5. The van der Waals surface area contributed by atoms with Crippen LogP contribution in [-0.2, 0) is 0 Å². The fourth-order valence-corrected chi connectivity index (χ4v) is 1.01. The third-order valence-electron chi connectivity index (χ3n) is 1.74. The zero-order valence-electron chi connectivity index (χ0n) is 7.92. The monoisotopic (exact) mass is 209 g/mol. The molecule has 0 spiro atoms. The fraction of sp³-hybridized carbons (Fsp3) is 0.200. The summed E-state index contributed by atoms with van der Waals surface area (Å²) < 4.78 is 0. The zero-order chi connectivity index (χ0) is 11.3. The number of phenols is 1. The zero-order valence-corrected chi connectivity index (χ0v) is 7.92. The Labute approximate surface area is 86.3 Å². The summed E-state index contributed by atoms with van der Waals surface area (Å²) in [5.74, 6) is -1.24. The predicted molar refractivity (Wildman–Crippen MR) is 54.6 cm³/mol. The Kier molecular flexibility index (Phi) is 3.82. The molecule has 0 atom stereocenters. The molecular formula is C10H11NO4. The highest BCUT2D eigenvalue weighted by atomic mass is 16.4. The number of phenolic OH excluding ortho intramolecular Hbond substituents is 1. The first-order chi connectivity index (χ1) is 7.15. The average molecular weight is 209 g/mol. The average Bonchev–Trinajstić information content (AvgIpc) is 2.20. The van der Waals surface area contributed by atoms with Crippen LogP contribution in [0.25, 0.3) is 0 Å². The van der Waals surface area contributed by atoms with E-state index in [2.05, 4.69) is 4.99 Å². The maximum atomic E-state index is 10.5. The molecule has 80 valence electrons. The van der Waals surface area contributed by atoms with Crippen molar-refractivity contribution < 1.29 is 20.1 Å². The fourth-order valence-electron chi connectivity index (χ4n) is 1.01. The van der Waals surface area contributed by atoms with E-state index in [1.807, 2.05) is 0 Å². The third kappa shape index (κ3) is 3.07. The molecule has 1 aromatic rings. The molecule has 15 heavy (non-hydrogen) atoms. The van der Waals surface area contributed by atoms with Crippen LogP contribution in [0.1, 0.15) is 15.9 Å². The first kappa shape index (κ1) is 11.2. The van der Waals surface area contributed by atoms with Crippen molar-refractivity contribution in [2.75, 3.05) is 13.2 Å². The maximum Gasteiger partial charge on any atom is 0.335 e. The van der Waals surface area contributed by atoms with E-state index in [1.54, 1.807) is 0 Å². The summed E-state index contributed by atoms with van der Waals surface area (Å²) in [6, 6.07) is 3.99. The highest BCUT2D eigenvalue weighted by Crippen LogP contribution is 2.16. The minimum atomic E-state index is -1.09. The highest BCUT2D eigenvalue weighted by molar-refractivity contribution is 5.91. The van der Waals surface area contributed by atoms with E-state index >= 15 is 0 Å². The lowest BCUT2D eigenvalue weighted by atomic mass is 10.1. The number of hydrogen-bond donors (Lipinski definition) is 3. The van der Waals surface area contributed by atoms with Crippen LogP contribution in [-0.4, -0.2) is 40.7 Å². The van der Waals surface area contributed by atoms with Crippen molar-refractivity contribution >= 4 is 12.2 Å². The van der Waals surface area contributed by atoms with Gasteiger partial charge in [-0.2, -0.15) is 0 Å². The number of benzene rings is 1. The van der Waals surface area contributed by atoms with Crippen LogP contribution in [0.4, 0.5) is 0 Å². The summed E-state index contributed by atoms with van der Waals surface area (Å²) in [6.07, 6.45) is 1.39. The van der Waals surface area contributed by atoms with Crippen LogP contribution < -0.4 is 0 Å². The molecule has 1 rings (SSSR count). The molecule has 0 aromatic heterocycles. The van der Waals surface area contributed by atoms with Gasteiger partial charge in [0.25, 0.3) is 0 Å². The van der Waals surface area contributed by atoms with Gasteiger partial charge in [-0.25, -0.2) is 4.79 Å². The van der Waals surface area contributed by atoms with Gasteiger partial charge < -0.3 is 15.3 Å². The van der Waals surface area contributed by atoms with Crippen molar-refractivity contribution in [3.05, 3.63) is 29.3 Å². The van der Waals surface area contributed by atoms with E-state index < -0.39 is 5.97 Å². The molecule has 0 radical (unpaired) electrons. The third-order valence-corrected chi connectivity index (χ3v) is 1.74. The second-order valence-corrected chi connectivity index (χ2v) is 2.84. The maximum absolute atomic E-state index is 10.5. The molecule has 0 unspecified atom stereocenters. The highest BCUT2D eigenvalue weighted by Gasteiger charge is 2.05. The molecule has 0 bridgehead atoms. The number of aliphatic imine (C=N–C) groups is 1. The number of carboxylic acids is 1. The first-order valence-electron chi connectivity index (χ1n) is 4.32. The van der Waals surface area contributed by atoms with Gasteiger partial charge in [0.15, 0.2) is 0 Å². The van der Waals surface area contributed by atoms with Gasteiger partial charge in [0.05, 0.1) is 18.7 Å². The van der Waals surface area contributed by atoms with Crippen molar-refractivity contribution in [3.8, 4) is 5.75 Å². The van der Waals surface area contributed by atoms with Gasteiger partial charge in [0.1, 0.15) is 5.75 Å². The largest absolute Gasteiger partial charge is 0.507 e. The van der Waals surface area contributed by atoms with Gasteiger partial charge in [0, 0.05) is 11.8 Å². The molecule has 5 nitrogen and oxygen atoms in total. The molecule has 1 aromatic carbocycles. The van der Waals surface area contributed by atoms with Gasteiger partial charge in [-0.3, -0.25) is 4.99 Å². The van der Waals surface area contributed by atoms with Gasteiger partial charge >= 0.3 is 5.97 Å². The number of aromatic carboxylic acids is 1. The van der Waals surface area contributed by atoms with Crippen LogP contribution in [0.3, 0.4) is 0 Å². The smallest absolute Gasteiger partial charge is 0.335 e. The second-order valence-electron chi connectivity index (χ2n) is 2.84. The number of hydrogen-bond acceptors (Lipinski definition) is 4. The van der Waals surface area contributed by atoms with Crippen LogP contribution in [0.15, 0.2) is 23.2 Å². The topological polar surface area (TPSA) is 90.1 Å². The van der Waals surface area contributed by atoms with E-state index in [1.165, 1.54) is 18.3 Å². The van der Waals surface area contributed by atoms with Crippen molar-refractivity contribution in [2.45, 2.75) is 0 Å². The second kappa shape index (κ2) is 5.11. The molecule has 0 aliphatic heterocycles. The van der Waals surface area contributed by atoms with Crippen molar-refractivity contribution in [1.82, 2.24) is 0 Å². The summed E-state index contributed by atoms with van der Waals surface area (Å²) >= 11 is 0. The summed E-state index contributed by atoms with van der Waals surface area (Å²) in [5.41, 5.74) is 0.445. The molecule has 0 amide bonds. The number of nitrogens with zero attached hydrogens (tertiary/aromatic N) is 1. The normalized spacial score (nSPS) is 10.7. The Morgan fingerprint density at radius 2 is 2.20 bits per heavy atom. The Hall–Kier alpha value is -1.88. The Balaban J connectivity index is 2.88. The molecule has 0 heterocycles. The van der Waals surface area contributed by atoms with Gasteiger partial charge in [-0.05, 0) is 18.2 Å². The van der Waals surface area contributed by atoms with E-state index in [0.29, 0.717) is 5.56 Å². The molecule has 0 fully saturated rings. The van der Waals surface area contributed by atoms with E-state index in [-0.39, 0.29) is 24.5 Å². The van der Waals surface area contributed by atoms with Crippen LogP contribution in [0.2, 0.25) is 0 Å². The van der Waals surface area contributed by atoms with Gasteiger partial charge in [-0.15, -0.1) is 0 Å². The van der Waals surface area contributed by atoms with E-state index in [4.69, 9.17) is 10.2 Å². The summed E-state index contributed by atoms with van der Waals surface area (Å²) in [6.45, 7) is 0.185. The van der Waals surface area contributed by atoms with Crippen LogP contribution >= 0.6 is 0 Å². The number of aliphatic hydroxyl groups excluding tert-OH is 1. The van der Waals surface area contributed by atoms with Gasteiger partial charge in [0.2, 0.25) is 0 Å². The number of aliphatic hydroxyl groups is 1. The molecule has 0 saturated carbocycles. The Morgan fingerprint density at radius 1 is 1.47 bits per heavy atom. The molecule has 0 aliphatic rings. The number of carboxylic acid groups (broad SMARTS) is 1. The number of carbonyl (C=O) groups is 1. The number of aromatic hydroxyl groups is 1. The summed E-state index contributed by atoms with van der Waals surface area (Å²) in [4.78, 5) is 14.4. The lowest BCUT2D eigenvalue weighted by Gasteiger charge is -2.00. The van der Waals surface area contributed by atoms with Crippen molar-refractivity contribution in [3.63, 3.8) is 0 Å². The Bertz CT molecular complexity index is 387. The minimum absolute atomic E-state index is 0.0202. The van der Waals surface area contributed by atoms with Crippen LogP contribution in [0.5, 0.6) is 5.75 Å². The molecular weight excluding hydrogens is 198 g/mol. The van der Waals surface area contributed by atoms with E-state index in [9.17, 15) is 9.90 Å². The van der Waals surface area contributed by atoms with Gasteiger partial charge in [-0.1, -0.05) is 0 Å². The van der Waals surface area contributed by atoms with Crippen LogP contribution in [0, 0.1) is 0 Å². The Morgan fingerprint density at radius 3 is 2.73 bits per heavy atom. The lowest BCUT2D eigenvalue weighted by Crippen LogP contribution is -1.97. The minimum Gasteiger partial charge on any atom is -0.507 e. The number of rotatable bonds is 4. The first-order valence-corrected chi connectivity index (χ1v) is 4.32. The predicted octanol–water partition coefficient (Wildman–Crippen LogP) is 0.502. The van der Waals surface area contributed by atoms with E-state index in [0.717, 1.165) is 6.07 Å². The molecule has 5 heteroatoms.